The van der Waals surface area contributed by atoms with Crippen LogP contribution in [0.15, 0.2) is 18.2 Å². The van der Waals surface area contributed by atoms with Crippen LogP contribution in [0.4, 0.5) is 0 Å². The van der Waals surface area contributed by atoms with Gasteiger partial charge in [-0.2, -0.15) is 0 Å². The average molecular weight is 306 g/mol. The maximum Gasteiger partial charge on any atom is 0.323 e. The summed E-state index contributed by atoms with van der Waals surface area (Å²) >= 11 is 0. The normalized spacial score (nSPS) is 10.4. The lowest BCUT2D eigenvalue weighted by Crippen LogP contribution is -2.45. The second kappa shape index (κ2) is 7.59. The second-order valence-electron chi connectivity index (χ2n) is 5.49. The Balaban J connectivity index is 2.67. The first-order valence-electron chi connectivity index (χ1n) is 7.09. The second-order valence-corrected chi connectivity index (χ2v) is 5.49. The molecular formula is C16H22N2O4. The van der Waals surface area contributed by atoms with Crippen molar-refractivity contribution in [1.29, 1.82) is 0 Å². The van der Waals surface area contributed by atoms with E-state index in [2.05, 4.69) is 5.32 Å². The van der Waals surface area contributed by atoms with Crippen LogP contribution in [0.5, 0.6) is 0 Å². The largest absolute Gasteiger partial charge is 0.480 e. The van der Waals surface area contributed by atoms with Crippen molar-refractivity contribution >= 4 is 17.8 Å². The summed E-state index contributed by atoms with van der Waals surface area (Å²) in [7, 11) is 0. The fourth-order valence-corrected chi connectivity index (χ4v) is 1.95. The predicted molar refractivity (Wildman–Crippen MR) is 82.7 cm³/mol. The summed E-state index contributed by atoms with van der Waals surface area (Å²) in [5.74, 6) is -1.85. The van der Waals surface area contributed by atoms with Gasteiger partial charge in [0.1, 0.15) is 6.54 Å². The number of carbonyl (C=O) groups is 3. The van der Waals surface area contributed by atoms with Gasteiger partial charge in [-0.1, -0.05) is 6.07 Å². The van der Waals surface area contributed by atoms with E-state index in [-0.39, 0.29) is 25.0 Å². The zero-order valence-electron chi connectivity index (χ0n) is 13.3. The highest BCUT2D eigenvalue weighted by molar-refractivity contribution is 5.97. The van der Waals surface area contributed by atoms with E-state index in [1.54, 1.807) is 26.0 Å². The molecule has 0 atom stereocenters. The quantitative estimate of drug-likeness (QED) is 0.830. The highest BCUT2D eigenvalue weighted by Crippen LogP contribution is 2.09. The van der Waals surface area contributed by atoms with E-state index in [9.17, 15) is 14.4 Å². The summed E-state index contributed by atoms with van der Waals surface area (Å²) < 4.78 is 0. The molecule has 0 spiro atoms. The monoisotopic (exact) mass is 306 g/mol. The van der Waals surface area contributed by atoms with E-state index >= 15 is 0 Å². The maximum atomic E-state index is 12.0. The molecule has 120 valence electrons. The molecule has 0 aliphatic carbocycles. The van der Waals surface area contributed by atoms with Crippen molar-refractivity contribution in [3.63, 3.8) is 0 Å². The van der Waals surface area contributed by atoms with Crippen molar-refractivity contribution in [2.45, 2.75) is 33.7 Å². The summed E-state index contributed by atoms with van der Waals surface area (Å²) in [5, 5.41) is 11.3. The summed E-state index contributed by atoms with van der Waals surface area (Å²) in [6.45, 7) is 6.71. The van der Waals surface area contributed by atoms with Crippen LogP contribution in [0.25, 0.3) is 0 Å². The van der Waals surface area contributed by atoms with Gasteiger partial charge in [-0.05, 0) is 51.0 Å². The van der Waals surface area contributed by atoms with Gasteiger partial charge in [0.15, 0.2) is 0 Å². The molecule has 0 unspecified atom stereocenters. The Morgan fingerprint density at radius 2 is 1.82 bits per heavy atom. The van der Waals surface area contributed by atoms with E-state index in [1.807, 2.05) is 19.9 Å². The summed E-state index contributed by atoms with van der Waals surface area (Å²) in [6, 6.07) is 5.05. The number of aliphatic carboxylic acids is 1. The van der Waals surface area contributed by atoms with Crippen LogP contribution in [0, 0.1) is 13.8 Å². The first-order valence-corrected chi connectivity index (χ1v) is 7.09. The van der Waals surface area contributed by atoms with E-state index in [0.717, 1.165) is 11.1 Å². The molecule has 0 aliphatic rings. The number of hydrogen-bond donors (Lipinski definition) is 2. The van der Waals surface area contributed by atoms with Crippen molar-refractivity contribution < 1.29 is 19.5 Å². The van der Waals surface area contributed by atoms with Gasteiger partial charge in [0.2, 0.25) is 5.91 Å². The first kappa shape index (κ1) is 17.7. The van der Waals surface area contributed by atoms with Crippen LogP contribution in [0.3, 0.4) is 0 Å². The van der Waals surface area contributed by atoms with Crippen molar-refractivity contribution in [3.05, 3.63) is 34.9 Å². The molecule has 0 fully saturated rings. The predicted octanol–water partition coefficient (Wildman–Crippen LogP) is 1.35. The fraction of sp³-hybridized carbons (Fsp3) is 0.438. The third-order valence-corrected chi connectivity index (χ3v) is 3.42. The number of benzene rings is 1. The molecule has 0 radical (unpaired) electrons. The minimum atomic E-state index is -1.08. The molecule has 0 aromatic heterocycles. The molecule has 2 amide bonds. The summed E-state index contributed by atoms with van der Waals surface area (Å²) in [5.41, 5.74) is 2.55. The zero-order chi connectivity index (χ0) is 16.9. The van der Waals surface area contributed by atoms with Gasteiger partial charge in [0.25, 0.3) is 5.91 Å². The van der Waals surface area contributed by atoms with Gasteiger partial charge < -0.3 is 15.3 Å². The molecular weight excluding hydrogens is 284 g/mol. The van der Waals surface area contributed by atoms with Crippen LogP contribution < -0.4 is 5.32 Å². The molecule has 1 aromatic carbocycles. The van der Waals surface area contributed by atoms with Gasteiger partial charge in [0, 0.05) is 11.6 Å². The topological polar surface area (TPSA) is 86.7 Å². The summed E-state index contributed by atoms with van der Waals surface area (Å²) in [6.07, 6.45) is 0. The Kier molecular flexibility index (Phi) is 6.10. The van der Waals surface area contributed by atoms with E-state index in [1.165, 1.54) is 4.90 Å². The molecule has 6 nitrogen and oxygen atoms in total. The lowest BCUT2D eigenvalue weighted by Gasteiger charge is -2.25. The molecule has 0 aliphatic heterocycles. The van der Waals surface area contributed by atoms with Gasteiger partial charge in [-0.3, -0.25) is 14.4 Å². The Morgan fingerprint density at radius 3 is 2.32 bits per heavy atom. The zero-order valence-corrected chi connectivity index (χ0v) is 13.3. The van der Waals surface area contributed by atoms with E-state index in [4.69, 9.17) is 5.11 Å². The van der Waals surface area contributed by atoms with Gasteiger partial charge in [-0.25, -0.2) is 0 Å². The van der Waals surface area contributed by atoms with E-state index in [0.29, 0.717) is 5.56 Å². The Bertz CT molecular complexity index is 582. The number of nitrogens with one attached hydrogen (secondary N) is 1. The van der Waals surface area contributed by atoms with Crippen LogP contribution in [-0.2, 0) is 9.59 Å². The molecule has 2 N–H and O–H groups in total. The number of carboxylic acids is 1. The standard InChI is InChI=1S/C16H22N2O4/c1-10(2)18(9-15(20)21)14(19)8-17-16(22)13-6-5-11(3)12(4)7-13/h5-7,10H,8-9H2,1-4H3,(H,17,22)(H,20,21). The van der Waals surface area contributed by atoms with Crippen molar-refractivity contribution in [1.82, 2.24) is 10.2 Å². The van der Waals surface area contributed by atoms with Crippen molar-refractivity contribution in [3.8, 4) is 0 Å². The van der Waals surface area contributed by atoms with E-state index < -0.39 is 11.9 Å². The molecule has 1 rings (SSSR count). The molecule has 1 aromatic rings. The highest BCUT2D eigenvalue weighted by atomic mass is 16.4. The highest BCUT2D eigenvalue weighted by Gasteiger charge is 2.20. The lowest BCUT2D eigenvalue weighted by atomic mass is 10.1. The minimum absolute atomic E-state index is 0.225. The molecule has 6 heteroatoms. The Labute approximate surface area is 130 Å². The van der Waals surface area contributed by atoms with Crippen molar-refractivity contribution in [2.75, 3.05) is 13.1 Å². The smallest absolute Gasteiger partial charge is 0.323 e. The third kappa shape index (κ3) is 4.87. The molecule has 22 heavy (non-hydrogen) atoms. The number of hydrogen-bond acceptors (Lipinski definition) is 3. The average Bonchev–Trinajstić information content (AvgIpc) is 2.44. The number of nitrogens with zero attached hydrogens (tertiary/aromatic N) is 1. The maximum absolute atomic E-state index is 12.0. The Morgan fingerprint density at radius 1 is 1.18 bits per heavy atom. The van der Waals surface area contributed by atoms with Crippen LogP contribution in [-0.4, -0.2) is 46.9 Å². The SMILES string of the molecule is Cc1ccc(C(=O)NCC(=O)N(CC(=O)O)C(C)C)cc1C. The van der Waals surface area contributed by atoms with Gasteiger partial charge >= 0.3 is 5.97 Å². The molecule has 0 heterocycles. The third-order valence-electron chi connectivity index (χ3n) is 3.42. The summed E-state index contributed by atoms with van der Waals surface area (Å²) in [4.78, 5) is 36.0. The molecule has 0 saturated heterocycles. The van der Waals surface area contributed by atoms with Crippen LogP contribution in [0.1, 0.15) is 35.3 Å². The number of rotatable bonds is 6. The fourth-order valence-electron chi connectivity index (χ4n) is 1.95. The van der Waals surface area contributed by atoms with Crippen LogP contribution in [0.2, 0.25) is 0 Å². The number of amides is 2. The Hall–Kier alpha value is -2.37. The van der Waals surface area contributed by atoms with Gasteiger partial charge in [-0.15, -0.1) is 0 Å². The minimum Gasteiger partial charge on any atom is -0.480 e. The van der Waals surface area contributed by atoms with Crippen molar-refractivity contribution in [2.24, 2.45) is 0 Å². The van der Waals surface area contributed by atoms with Gasteiger partial charge in [0.05, 0.1) is 6.54 Å². The molecule has 0 bridgehead atoms. The van der Waals surface area contributed by atoms with Crippen LogP contribution >= 0.6 is 0 Å². The first-order chi connectivity index (χ1) is 10.2. The molecule has 0 saturated carbocycles. The number of aryl methyl sites for hydroxylation is 2. The number of carbonyl (C=O) groups excluding carboxylic acids is 2. The number of carboxylic acid groups (broad SMARTS) is 1. The lowest BCUT2D eigenvalue weighted by molar-refractivity contribution is -0.145.